The van der Waals surface area contributed by atoms with Crippen molar-refractivity contribution in [2.75, 3.05) is 0 Å². The van der Waals surface area contributed by atoms with Crippen LogP contribution in [0.15, 0.2) is 30.3 Å². The first-order valence-electron chi connectivity index (χ1n) is 6.76. The molecule has 2 fully saturated rings. The molecule has 0 aromatic heterocycles. The van der Waals surface area contributed by atoms with Crippen LogP contribution in [0.25, 0.3) is 0 Å². The third kappa shape index (κ3) is 2.15. The summed E-state index contributed by atoms with van der Waals surface area (Å²) in [5.74, 6) is -0.721. The van der Waals surface area contributed by atoms with Crippen molar-refractivity contribution in [2.45, 2.75) is 44.3 Å². The summed E-state index contributed by atoms with van der Waals surface area (Å²) in [6, 6.07) is 11.4. The summed E-state index contributed by atoms with van der Waals surface area (Å²) in [5, 5.41) is 9.16. The molecule has 2 heterocycles. The minimum Gasteiger partial charge on any atom is -0.481 e. The Morgan fingerprint density at radius 2 is 1.78 bits per heavy atom. The zero-order chi connectivity index (χ0) is 12.5. The molecule has 3 nitrogen and oxygen atoms in total. The Kier molecular flexibility index (Phi) is 3.08. The molecule has 1 N–H and O–H groups in total. The van der Waals surface area contributed by atoms with Crippen LogP contribution in [0.5, 0.6) is 0 Å². The number of aliphatic carboxylic acids is 1. The van der Waals surface area contributed by atoms with Crippen LogP contribution in [0.3, 0.4) is 0 Å². The van der Waals surface area contributed by atoms with Gasteiger partial charge in [0.1, 0.15) is 0 Å². The van der Waals surface area contributed by atoms with Gasteiger partial charge in [-0.3, -0.25) is 9.69 Å². The SMILES string of the molecule is O=C(O)[C@@H]1C[C@H]2CC[C@@H](C1)N2Cc1ccccc1. The zero-order valence-corrected chi connectivity index (χ0v) is 10.5. The Morgan fingerprint density at radius 1 is 1.17 bits per heavy atom. The lowest BCUT2D eigenvalue weighted by Gasteiger charge is -2.37. The van der Waals surface area contributed by atoms with Gasteiger partial charge < -0.3 is 5.11 Å². The first-order valence-corrected chi connectivity index (χ1v) is 6.76. The molecule has 0 spiro atoms. The summed E-state index contributed by atoms with van der Waals surface area (Å²) in [6.45, 7) is 0.975. The van der Waals surface area contributed by atoms with Gasteiger partial charge in [0, 0.05) is 18.6 Å². The van der Waals surface area contributed by atoms with Crippen molar-refractivity contribution in [3.63, 3.8) is 0 Å². The van der Waals surface area contributed by atoms with Crippen molar-refractivity contribution in [3.05, 3.63) is 35.9 Å². The van der Waals surface area contributed by atoms with E-state index in [9.17, 15) is 4.79 Å². The minimum absolute atomic E-state index is 0.116. The van der Waals surface area contributed by atoms with Crippen LogP contribution >= 0.6 is 0 Å². The molecular formula is C15H19NO2. The maximum absolute atomic E-state index is 11.1. The number of piperidine rings is 1. The van der Waals surface area contributed by atoms with Crippen LogP contribution in [0, 0.1) is 5.92 Å². The number of hydrogen-bond acceptors (Lipinski definition) is 2. The third-order valence-corrected chi connectivity index (χ3v) is 4.44. The van der Waals surface area contributed by atoms with E-state index >= 15 is 0 Å². The largest absolute Gasteiger partial charge is 0.481 e. The molecule has 96 valence electrons. The number of carboxylic acid groups (broad SMARTS) is 1. The summed E-state index contributed by atoms with van der Waals surface area (Å²) in [5.41, 5.74) is 1.34. The van der Waals surface area contributed by atoms with Crippen LogP contribution in [-0.2, 0) is 11.3 Å². The second-order valence-corrected chi connectivity index (χ2v) is 5.55. The molecule has 1 aromatic carbocycles. The lowest BCUT2D eigenvalue weighted by Crippen LogP contribution is -2.44. The zero-order valence-electron chi connectivity index (χ0n) is 10.5. The predicted octanol–water partition coefficient (Wildman–Crippen LogP) is 2.51. The number of carbonyl (C=O) groups is 1. The molecular weight excluding hydrogens is 226 g/mol. The molecule has 3 rings (SSSR count). The molecule has 2 aliphatic rings. The van der Waals surface area contributed by atoms with Gasteiger partial charge in [0.2, 0.25) is 0 Å². The number of hydrogen-bond donors (Lipinski definition) is 1. The second kappa shape index (κ2) is 4.73. The topological polar surface area (TPSA) is 40.5 Å². The van der Waals surface area contributed by atoms with Crippen molar-refractivity contribution >= 4 is 5.97 Å². The van der Waals surface area contributed by atoms with Gasteiger partial charge in [-0.1, -0.05) is 30.3 Å². The van der Waals surface area contributed by atoms with E-state index in [0.717, 1.165) is 19.4 Å². The van der Waals surface area contributed by atoms with Crippen molar-refractivity contribution in [2.24, 2.45) is 5.92 Å². The van der Waals surface area contributed by atoms with Crippen LogP contribution in [0.2, 0.25) is 0 Å². The van der Waals surface area contributed by atoms with E-state index in [1.165, 1.54) is 18.4 Å². The highest BCUT2D eigenvalue weighted by molar-refractivity contribution is 5.70. The van der Waals surface area contributed by atoms with Gasteiger partial charge in [-0.2, -0.15) is 0 Å². The fourth-order valence-corrected chi connectivity index (χ4v) is 3.53. The molecule has 0 saturated carbocycles. The molecule has 18 heavy (non-hydrogen) atoms. The number of benzene rings is 1. The van der Waals surface area contributed by atoms with Crippen molar-refractivity contribution in [3.8, 4) is 0 Å². The van der Waals surface area contributed by atoms with Gasteiger partial charge in [0.25, 0.3) is 0 Å². The van der Waals surface area contributed by atoms with Crippen LogP contribution in [0.1, 0.15) is 31.2 Å². The average molecular weight is 245 g/mol. The highest BCUT2D eigenvalue weighted by Gasteiger charge is 2.42. The lowest BCUT2D eigenvalue weighted by atomic mass is 9.90. The van der Waals surface area contributed by atoms with Gasteiger partial charge in [-0.05, 0) is 31.2 Å². The van der Waals surface area contributed by atoms with Crippen LogP contribution in [0.4, 0.5) is 0 Å². The molecule has 0 radical (unpaired) electrons. The Labute approximate surface area is 107 Å². The third-order valence-electron chi connectivity index (χ3n) is 4.44. The Morgan fingerprint density at radius 3 is 2.33 bits per heavy atom. The quantitative estimate of drug-likeness (QED) is 0.889. The van der Waals surface area contributed by atoms with Crippen molar-refractivity contribution in [1.82, 2.24) is 4.90 Å². The number of fused-ring (bicyclic) bond motifs is 2. The van der Waals surface area contributed by atoms with Crippen LogP contribution < -0.4 is 0 Å². The second-order valence-electron chi connectivity index (χ2n) is 5.55. The van der Waals surface area contributed by atoms with Crippen LogP contribution in [-0.4, -0.2) is 28.1 Å². The van der Waals surface area contributed by atoms with Gasteiger partial charge in [-0.25, -0.2) is 0 Å². The number of carboxylic acids is 1. The number of nitrogens with zero attached hydrogens (tertiary/aromatic N) is 1. The Balaban J connectivity index is 1.71. The minimum atomic E-state index is -0.605. The van der Waals surface area contributed by atoms with Crippen molar-refractivity contribution in [1.29, 1.82) is 0 Å². The van der Waals surface area contributed by atoms with E-state index in [-0.39, 0.29) is 5.92 Å². The van der Waals surface area contributed by atoms with E-state index in [1.807, 2.05) is 6.07 Å². The van der Waals surface area contributed by atoms with Gasteiger partial charge in [0.15, 0.2) is 0 Å². The smallest absolute Gasteiger partial charge is 0.306 e. The van der Waals surface area contributed by atoms with Gasteiger partial charge in [-0.15, -0.1) is 0 Å². The summed E-state index contributed by atoms with van der Waals surface area (Å²) in [6.07, 6.45) is 4.00. The summed E-state index contributed by atoms with van der Waals surface area (Å²) in [7, 11) is 0. The summed E-state index contributed by atoms with van der Waals surface area (Å²) >= 11 is 0. The first kappa shape index (κ1) is 11.7. The normalized spacial score (nSPS) is 31.4. The maximum atomic E-state index is 11.1. The van der Waals surface area contributed by atoms with E-state index in [2.05, 4.69) is 29.2 Å². The fourth-order valence-electron chi connectivity index (χ4n) is 3.53. The van der Waals surface area contributed by atoms with Crippen molar-refractivity contribution < 1.29 is 9.90 Å². The number of rotatable bonds is 3. The summed E-state index contributed by atoms with van der Waals surface area (Å²) < 4.78 is 0. The fraction of sp³-hybridized carbons (Fsp3) is 0.533. The molecule has 2 aliphatic heterocycles. The molecule has 3 heteroatoms. The summed E-state index contributed by atoms with van der Waals surface area (Å²) in [4.78, 5) is 13.6. The highest BCUT2D eigenvalue weighted by atomic mass is 16.4. The molecule has 2 saturated heterocycles. The van der Waals surface area contributed by atoms with Gasteiger partial charge >= 0.3 is 5.97 Å². The lowest BCUT2D eigenvalue weighted by molar-refractivity contribution is -0.144. The molecule has 2 bridgehead atoms. The molecule has 0 amide bonds. The predicted molar refractivity (Wildman–Crippen MR) is 69.2 cm³/mol. The van der Waals surface area contributed by atoms with E-state index in [0.29, 0.717) is 12.1 Å². The molecule has 1 aromatic rings. The van der Waals surface area contributed by atoms with Gasteiger partial charge in [0.05, 0.1) is 5.92 Å². The van der Waals surface area contributed by atoms with E-state index < -0.39 is 5.97 Å². The van der Waals surface area contributed by atoms with E-state index in [1.54, 1.807) is 0 Å². The highest BCUT2D eigenvalue weighted by Crippen LogP contribution is 2.39. The first-order chi connectivity index (χ1) is 8.74. The Bertz CT molecular complexity index is 417. The molecule has 3 atom stereocenters. The standard InChI is InChI=1S/C15H19NO2/c17-15(18)12-8-13-6-7-14(9-12)16(13)10-11-4-2-1-3-5-11/h1-5,12-14H,6-10H2,(H,17,18)/t12-,13-,14+. The maximum Gasteiger partial charge on any atom is 0.306 e. The average Bonchev–Trinajstić information content (AvgIpc) is 2.62. The van der Waals surface area contributed by atoms with E-state index in [4.69, 9.17) is 5.11 Å². The molecule has 0 aliphatic carbocycles. The Hall–Kier alpha value is -1.35. The molecule has 0 unspecified atom stereocenters. The monoisotopic (exact) mass is 245 g/mol.